The van der Waals surface area contributed by atoms with Crippen LogP contribution in [0.15, 0.2) is 72.9 Å². The minimum Gasteiger partial charge on any atom is -0.470 e. The molecule has 0 saturated heterocycles. The SMILES string of the molecule is CC[C@]1(O)C[C@@](N)(c2ccc(-c3nc4n(c3-c3ccccc3)COc3cccnc3-4)cc2)C1. The molecule has 2 aromatic heterocycles. The summed E-state index contributed by atoms with van der Waals surface area (Å²) in [5.74, 6) is 1.55. The second kappa shape index (κ2) is 7.27. The van der Waals surface area contributed by atoms with Gasteiger partial charge in [-0.1, -0.05) is 61.5 Å². The van der Waals surface area contributed by atoms with Crippen molar-refractivity contribution in [1.29, 1.82) is 0 Å². The third-order valence-electron chi connectivity index (χ3n) is 7.03. The van der Waals surface area contributed by atoms with Crippen LogP contribution in [-0.2, 0) is 12.3 Å². The zero-order chi connectivity index (χ0) is 22.6. The van der Waals surface area contributed by atoms with Crippen molar-refractivity contribution in [2.24, 2.45) is 5.73 Å². The van der Waals surface area contributed by atoms with Crippen LogP contribution in [0.4, 0.5) is 0 Å². The lowest BCUT2D eigenvalue weighted by Gasteiger charge is -2.51. The van der Waals surface area contributed by atoms with Crippen molar-refractivity contribution in [2.75, 3.05) is 0 Å². The number of nitrogens with zero attached hydrogens (tertiary/aromatic N) is 3. The maximum absolute atomic E-state index is 10.5. The molecule has 1 aliphatic heterocycles. The number of aromatic nitrogens is 3. The number of benzene rings is 2. The van der Waals surface area contributed by atoms with Gasteiger partial charge in [-0.2, -0.15) is 0 Å². The largest absolute Gasteiger partial charge is 0.470 e. The van der Waals surface area contributed by atoms with E-state index in [2.05, 4.69) is 45.9 Å². The van der Waals surface area contributed by atoms with Gasteiger partial charge in [0.1, 0.15) is 5.69 Å². The van der Waals surface area contributed by atoms with Gasteiger partial charge in [0.25, 0.3) is 0 Å². The normalized spacial score (nSPS) is 23.2. The van der Waals surface area contributed by atoms with Gasteiger partial charge in [-0.25, -0.2) is 9.97 Å². The van der Waals surface area contributed by atoms with E-state index in [1.165, 1.54) is 0 Å². The van der Waals surface area contributed by atoms with Crippen molar-refractivity contribution in [3.8, 4) is 39.8 Å². The van der Waals surface area contributed by atoms with E-state index in [9.17, 15) is 5.11 Å². The Kier molecular flexibility index (Phi) is 4.44. The summed E-state index contributed by atoms with van der Waals surface area (Å²) in [6.45, 7) is 2.38. The molecule has 1 fully saturated rings. The van der Waals surface area contributed by atoms with Crippen molar-refractivity contribution in [2.45, 2.75) is 44.1 Å². The number of pyridine rings is 1. The summed E-state index contributed by atoms with van der Waals surface area (Å²) in [4.78, 5) is 9.59. The van der Waals surface area contributed by atoms with Crippen molar-refractivity contribution in [1.82, 2.24) is 14.5 Å². The maximum Gasteiger partial charge on any atom is 0.167 e. The summed E-state index contributed by atoms with van der Waals surface area (Å²) < 4.78 is 8.09. The number of aliphatic hydroxyl groups is 1. The van der Waals surface area contributed by atoms with Gasteiger partial charge in [-0.3, -0.25) is 4.57 Å². The maximum atomic E-state index is 10.5. The molecule has 0 radical (unpaired) electrons. The molecular weight excluding hydrogens is 412 g/mol. The molecule has 2 aliphatic rings. The molecule has 3 heterocycles. The van der Waals surface area contributed by atoms with Crippen molar-refractivity contribution < 1.29 is 9.84 Å². The van der Waals surface area contributed by atoms with Gasteiger partial charge in [0.2, 0.25) is 0 Å². The molecule has 0 amide bonds. The Hall–Kier alpha value is -3.48. The standard InChI is InChI=1S/C27H26N4O2/c1-2-26(32)15-27(28,16-26)20-12-10-18(11-13-20)22-24(19-7-4-3-5-8-19)31-17-33-21-9-6-14-29-23(21)25(31)30-22/h3-14,32H,2,15-17,28H2,1H3/t26-,27-. The Bertz CT molecular complexity index is 1320. The molecule has 0 unspecified atom stereocenters. The molecule has 0 spiro atoms. The van der Waals surface area contributed by atoms with Gasteiger partial charge in [0.15, 0.2) is 18.3 Å². The highest BCUT2D eigenvalue weighted by atomic mass is 16.5. The van der Waals surface area contributed by atoms with Gasteiger partial charge >= 0.3 is 0 Å². The fourth-order valence-electron chi connectivity index (χ4n) is 5.20. The average Bonchev–Trinajstić information content (AvgIpc) is 3.24. The third-order valence-corrected chi connectivity index (χ3v) is 7.03. The molecular formula is C27H26N4O2. The van der Waals surface area contributed by atoms with Gasteiger partial charge in [-0.15, -0.1) is 0 Å². The van der Waals surface area contributed by atoms with Crippen LogP contribution >= 0.6 is 0 Å². The highest BCUT2D eigenvalue weighted by molar-refractivity contribution is 5.83. The number of hydrogen-bond acceptors (Lipinski definition) is 5. The smallest absolute Gasteiger partial charge is 0.167 e. The van der Waals surface area contributed by atoms with Gasteiger partial charge in [-0.05, 0) is 37.0 Å². The number of imidazole rings is 1. The molecule has 4 aromatic rings. The van der Waals surface area contributed by atoms with Gasteiger partial charge in [0.05, 0.1) is 17.0 Å². The first-order valence-corrected chi connectivity index (χ1v) is 11.4. The minimum atomic E-state index is -0.642. The summed E-state index contributed by atoms with van der Waals surface area (Å²) in [5, 5.41) is 10.5. The molecule has 0 atom stereocenters. The molecule has 1 aliphatic carbocycles. The summed E-state index contributed by atoms with van der Waals surface area (Å²) in [5.41, 5.74) is 11.2. The van der Waals surface area contributed by atoms with Crippen LogP contribution in [0.2, 0.25) is 0 Å². The minimum absolute atomic E-state index is 0.380. The molecule has 166 valence electrons. The quantitative estimate of drug-likeness (QED) is 0.482. The zero-order valence-electron chi connectivity index (χ0n) is 18.5. The molecule has 2 aromatic carbocycles. The highest BCUT2D eigenvalue weighted by Crippen LogP contribution is 2.48. The van der Waals surface area contributed by atoms with E-state index in [0.717, 1.165) is 51.8 Å². The lowest BCUT2D eigenvalue weighted by atomic mass is 9.61. The van der Waals surface area contributed by atoms with E-state index in [-0.39, 0.29) is 0 Å². The summed E-state index contributed by atoms with van der Waals surface area (Å²) in [7, 11) is 0. The van der Waals surface area contributed by atoms with Crippen LogP contribution in [0, 0.1) is 0 Å². The number of hydrogen-bond donors (Lipinski definition) is 2. The first-order chi connectivity index (χ1) is 16.0. The summed E-state index contributed by atoms with van der Waals surface area (Å²) in [6.07, 6.45) is 3.66. The number of fused-ring (bicyclic) bond motifs is 3. The number of ether oxygens (including phenoxy) is 1. The molecule has 6 heteroatoms. The first kappa shape index (κ1) is 20.1. The first-order valence-electron chi connectivity index (χ1n) is 11.4. The Labute approximate surface area is 192 Å². The zero-order valence-corrected chi connectivity index (χ0v) is 18.5. The van der Waals surface area contributed by atoms with Crippen LogP contribution in [0.5, 0.6) is 5.75 Å². The van der Waals surface area contributed by atoms with Gasteiger partial charge < -0.3 is 15.6 Å². The van der Waals surface area contributed by atoms with Crippen molar-refractivity contribution >= 4 is 0 Å². The molecule has 1 saturated carbocycles. The van der Waals surface area contributed by atoms with Crippen LogP contribution in [-0.4, -0.2) is 25.2 Å². The van der Waals surface area contributed by atoms with Crippen LogP contribution in [0.25, 0.3) is 34.0 Å². The van der Waals surface area contributed by atoms with Crippen LogP contribution in [0.3, 0.4) is 0 Å². The highest BCUT2D eigenvalue weighted by Gasteiger charge is 2.51. The molecule has 6 nitrogen and oxygen atoms in total. The van der Waals surface area contributed by atoms with E-state index in [4.69, 9.17) is 15.5 Å². The lowest BCUT2D eigenvalue weighted by Crippen LogP contribution is -2.59. The second-order valence-electron chi connectivity index (χ2n) is 9.22. The fraction of sp³-hybridized carbons (Fsp3) is 0.259. The lowest BCUT2D eigenvalue weighted by molar-refractivity contribution is -0.0916. The third kappa shape index (κ3) is 3.17. The van der Waals surface area contributed by atoms with E-state index < -0.39 is 11.1 Å². The Morgan fingerprint density at radius 2 is 1.73 bits per heavy atom. The molecule has 6 rings (SSSR count). The molecule has 3 N–H and O–H groups in total. The monoisotopic (exact) mass is 438 g/mol. The topological polar surface area (TPSA) is 86.2 Å². The Morgan fingerprint density at radius 3 is 2.45 bits per heavy atom. The van der Waals surface area contributed by atoms with E-state index in [0.29, 0.717) is 19.6 Å². The molecule has 0 bridgehead atoms. The van der Waals surface area contributed by atoms with Crippen LogP contribution in [0.1, 0.15) is 31.7 Å². The number of nitrogens with two attached hydrogens (primary N) is 1. The fourth-order valence-corrected chi connectivity index (χ4v) is 5.20. The second-order valence-corrected chi connectivity index (χ2v) is 9.22. The van der Waals surface area contributed by atoms with E-state index in [1.54, 1.807) is 6.20 Å². The predicted octanol–water partition coefficient (Wildman–Crippen LogP) is 4.72. The number of rotatable bonds is 4. The Morgan fingerprint density at radius 1 is 0.970 bits per heavy atom. The van der Waals surface area contributed by atoms with E-state index in [1.807, 2.05) is 37.3 Å². The Balaban J connectivity index is 1.45. The predicted molar refractivity (Wildman–Crippen MR) is 127 cm³/mol. The van der Waals surface area contributed by atoms with Crippen LogP contribution < -0.4 is 10.5 Å². The van der Waals surface area contributed by atoms with Gasteiger partial charge in [0, 0.05) is 22.9 Å². The van der Waals surface area contributed by atoms with Crippen molar-refractivity contribution in [3.63, 3.8) is 0 Å². The van der Waals surface area contributed by atoms with E-state index >= 15 is 0 Å². The average molecular weight is 439 g/mol. The summed E-state index contributed by atoms with van der Waals surface area (Å²) in [6, 6.07) is 22.3. The summed E-state index contributed by atoms with van der Waals surface area (Å²) >= 11 is 0. The van der Waals surface area contributed by atoms with Crippen molar-refractivity contribution in [3.05, 3.63) is 78.5 Å². The molecule has 33 heavy (non-hydrogen) atoms.